The maximum atomic E-state index is 5.77. The third-order valence-electron chi connectivity index (χ3n) is 2.31. The lowest BCUT2D eigenvalue weighted by Crippen LogP contribution is -2.03. The van der Waals surface area contributed by atoms with E-state index in [1.807, 2.05) is 0 Å². The average Bonchev–Trinajstić information content (AvgIpc) is 2.44. The van der Waals surface area contributed by atoms with E-state index in [1.165, 1.54) is 11.3 Å². The van der Waals surface area contributed by atoms with Crippen molar-refractivity contribution in [2.45, 2.75) is 19.8 Å². The second-order valence-corrected chi connectivity index (χ2v) is 4.55. The number of nitrogens with zero attached hydrogens (tertiary/aromatic N) is 1. The lowest BCUT2D eigenvalue weighted by Gasteiger charge is -2.09. The molecule has 2 rings (SSSR count). The monoisotopic (exact) mass is 210 g/mol. The summed E-state index contributed by atoms with van der Waals surface area (Å²) in [4.78, 5) is 5.33. The predicted octanol–water partition coefficient (Wildman–Crippen LogP) is 2.22. The topological polar surface area (TPSA) is 47.6 Å². The molecule has 2 N–H and O–H groups in total. The van der Waals surface area contributed by atoms with Crippen molar-refractivity contribution in [3.63, 3.8) is 0 Å². The van der Waals surface area contributed by atoms with Crippen LogP contribution in [0.15, 0.2) is 26.9 Å². The van der Waals surface area contributed by atoms with E-state index in [-0.39, 0.29) is 0 Å². The second kappa shape index (κ2) is 4.09. The van der Waals surface area contributed by atoms with E-state index in [1.54, 1.807) is 24.2 Å². The third-order valence-corrected chi connectivity index (χ3v) is 3.41. The zero-order valence-electron chi connectivity index (χ0n) is 8.19. The van der Waals surface area contributed by atoms with Crippen molar-refractivity contribution < 1.29 is 4.74 Å². The van der Waals surface area contributed by atoms with Crippen LogP contribution >= 0.6 is 11.8 Å². The summed E-state index contributed by atoms with van der Waals surface area (Å²) >= 11 is 1.59. The van der Waals surface area contributed by atoms with Gasteiger partial charge in [-0.1, -0.05) is 25.1 Å². The maximum absolute atomic E-state index is 5.77. The SMILES string of the molecule is CCCC1COC2=C1SC(N)=CN=C2. The van der Waals surface area contributed by atoms with E-state index in [2.05, 4.69) is 11.9 Å². The van der Waals surface area contributed by atoms with Crippen LogP contribution in [0.4, 0.5) is 0 Å². The van der Waals surface area contributed by atoms with Crippen LogP contribution in [0.3, 0.4) is 0 Å². The van der Waals surface area contributed by atoms with Gasteiger partial charge in [0.2, 0.25) is 0 Å². The molecule has 0 fully saturated rings. The first-order chi connectivity index (χ1) is 6.81. The Labute approximate surface area is 88.1 Å². The molecule has 0 spiro atoms. The Morgan fingerprint density at radius 3 is 3.36 bits per heavy atom. The highest BCUT2D eigenvalue weighted by Gasteiger charge is 2.27. The summed E-state index contributed by atoms with van der Waals surface area (Å²) in [6.45, 7) is 2.97. The zero-order valence-corrected chi connectivity index (χ0v) is 9.01. The fourth-order valence-electron chi connectivity index (χ4n) is 1.67. The number of aliphatic imine (C=N–C) groups is 1. The number of allylic oxidation sites excluding steroid dienone is 1. The Hall–Kier alpha value is -0.900. The molecule has 2 aliphatic heterocycles. The molecule has 0 saturated heterocycles. The minimum absolute atomic E-state index is 0.511. The summed E-state index contributed by atoms with van der Waals surface area (Å²) in [6.07, 6.45) is 5.77. The fourth-order valence-corrected chi connectivity index (χ4v) is 2.60. The van der Waals surface area contributed by atoms with Crippen molar-refractivity contribution in [3.8, 4) is 0 Å². The van der Waals surface area contributed by atoms with Gasteiger partial charge in [0.25, 0.3) is 0 Å². The molecule has 0 saturated carbocycles. The van der Waals surface area contributed by atoms with Crippen LogP contribution in [0.1, 0.15) is 19.8 Å². The zero-order chi connectivity index (χ0) is 9.97. The van der Waals surface area contributed by atoms with Crippen LogP contribution in [0.2, 0.25) is 0 Å². The van der Waals surface area contributed by atoms with Gasteiger partial charge < -0.3 is 10.5 Å². The number of hydrogen-bond donors (Lipinski definition) is 1. The molecule has 3 nitrogen and oxygen atoms in total. The van der Waals surface area contributed by atoms with Crippen molar-refractivity contribution >= 4 is 18.0 Å². The van der Waals surface area contributed by atoms with E-state index in [4.69, 9.17) is 10.5 Å². The van der Waals surface area contributed by atoms with Crippen molar-refractivity contribution in [1.29, 1.82) is 0 Å². The number of nitrogens with two attached hydrogens (primary N) is 1. The maximum Gasteiger partial charge on any atom is 0.147 e. The van der Waals surface area contributed by atoms with E-state index in [0.717, 1.165) is 23.8 Å². The number of rotatable bonds is 2. The standard InChI is InChI=1S/C10H14N2OS/c1-2-3-7-6-13-8-4-12-5-9(11)14-10(7)8/h4-5,7H,2-3,6,11H2,1H3. The molecule has 0 aromatic heterocycles. The number of ether oxygens (including phenoxy) is 1. The molecule has 0 radical (unpaired) electrons. The first-order valence-corrected chi connectivity index (χ1v) is 5.66. The number of hydrogen-bond acceptors (Lipinski definition) is 4. The summed E-state index contributed by atoms with van der Waals surface area (Å²) in [7, 11) is 0. The van der Waals surface area contributed by atoms with Crippen molar-refractivity contribution in [3.05, 3.63) is 21.9 Å². The van der Waals surface area contributed by atoms with Crippen molar-refractivity contribution in [1.82, 2.24) is 0 Å². The van der Waals surface area contributed by atoms with E-state index in [0.29, 0.717) is 5.92 Å². The van der Waals surface area contributed by atoms with Gasteiger partial charge in [-0.15, -0.1) is 0 Å². The van der Waals surface area contributed by atoms with Crippen LogP contribution in [-0.2, 0) is 4.74 Å². The molecular formula is C10H14N2OS. The summed E-state index contributed by atoms with van der Waals surface area (Å²) in [5, 5.41) is 0.748. The Morgan fingerprint density at radius 1 is 1.71 bits per heavy atom. The van der Waals surface area contributed by atoms with Crippen LogP contribution in [0.25, 0.3) is 0 Å². The quantitative estimate of drug-likeness (QED) is 0.760. The van der Waals surface area contributed by atoms with Crippen LogP contribution in [0, 0.1) is 5.92 Å². The van der Waals surface area contributed by atoms with Gasteiger partial charge in [-0.05, 0) is 6.42 Å². The number of thioether (sulfide) groups is 1. The Balaban J connectivity index is 2.19. The summed E-state index contributed by atoms with van der Waals surface area (Å²) in [6, 6.07) is 0. The Morgan fingerprint density at radius 2 is 2.57 bits per heavy atom. The molecule has 76 valence electrons. The molecule has 0 amide bonds. The van der Waals surface area contributed by atoms with E-state index < -0.39 is 0 Å². The molecule has 0 bridgehead atoms. The first-order valence-electron chi connectivity index (χ1n) is 4.85. The average molecular weight is 210 g/mol. The van der Waals surface area contributed by atoms with Gasteiger partial charge in [0.05, 0.1) is 24.1 Å². The molecule has 0 aromatic rings. The lowest BCUT2D eigenvalue weighted by molar-refractivity contribution is 0.231. The minimum Gasteiger partial charge on any atom is -0.490 e. The van der Waals surface area contributed by atoms with Gasteiger partial charge >= 0.3 is 0 Å². The Bertz CT molecular complexity index is 320. The van der Waals surface area contributed by atoms with Gasteiger partial charge in [0, 0.05) is 10.8 Å². The Kier molecular flexibility index (Phi) is 2.82. The highest BCUT2D eigenvalue weighted by Crippen LogP contribution is 2.39. The molecular weight excluding hydrogens is 196 g/mol. The molecule has 14 heavy (non-hydrogen) atoms. The summed E-state index contributed by atoms with van der Waals surface area (Å²) < 4.78 is 5.57. The summed E-state index contributed by atoms with van der Waals surface area (Å²) in [5.74, 6) is 1.42. The largest absolute Gasteiger partial charge is 0.490 e. The molecule has 1 atom stereocenters. The molecule has 1 unspecified atom stereocenters. The van der Waals surface area contributed by atoms with Crippen LogP contribution in [-0.4, -0.2) is 12.8 Å². The van der Waals surface area contributed by atoms with E-state index in [9.17, 15) is 0 Å². The molecule has 0 aromatic carbocycles. The van der Waals surface area contributed by atoms with Gasteiger partial charge in [-0.3, -0.25) is 4.99 Å². The summed E-state index contributed by atoms with van der Waals surface area (Å²) in [5.41, 5.74) is 5.77. The molecule has 0 aliphatic carbocycles. The molecule has 4 heteroatoms. The lowest BCUT2D eigenvalue weighted by atomic mass is 10.1. The molecule has 2 heterocycles. The smallest absolute Gasteiger partial charge is 0.147 e. The highest BCUT2D eigenvalue weighted by molar-refractivity contribution is 8.06. The van der Waals surface area contributed by atoms with Crippen LogP contribution < -0.4 is 5.73 Å². The normalized spacial score (nSPS) is 25.5. The van der Waals surface area contributed by atoms with Crippen molar-refractivity contribution in [2.75, 3.05) is 6.61 Å². The fraction of sp³-hybridized carbons (Fsp3) is 0.500. The van der Waals surface area contributed by atoms with Gasteiger partial charge in [-0.25, -0.2) is 0 Å². The van der Waals surface area contributed by atoms with E-state index >= 15 is 0 Å². The second-order valence-electron chi connectivity index (χ2n) is 3.44. The predicted molar refractivity (Wildman–Crippen MR) is 59.7 cm³/mol. The first kappa shape index (κ1) is 9.65. The van der Waals surface area contributed by atoms with Gasteiger partial charge in [0.15, 0.2) is 0 Å². The van der Waals surface area contributed by atoms with Gasteiger partial charge in [-0.2, -0.15) is 0 Å². The van der Waals surface area contributed by atoms with Gasteiger partial charge in [0.1, 0.15) is 5.76 Å². The third kappa shape index (κ3) is 1.80. The van der Waals surface area contributed by atoms with Crippen LogP contribution in [0.5, 0.6) is 0 Å². The van der Waals surface area contributed by atoms with Crippen molar-refractivity contribution in [2.24, 2.45) is 16.6 Å². The minimum atomic E-state index is 0.511. The highest BCUT2D eigenvalue weighted by atomic mass is 32.2. The molecule has 2 aliphatic rings.